The van der Waals surface area contributed by atoms with Crippen LogP contribution in [0.2, 0.25) is 0 Å². The second-order valence-electron chi connectivity index (χ2n) is 4.75. The summed E-state index contributed by atoms with van der Waals surface area (Å²) < 4.78 is 51.0. The van der Waals surface area contributed by atoms with Crippen LogP contribution in [0.15, 0.2) is 29.1 Å². The molecule has 1 atom stereocenters. The number of nitrogens with one attached hydrogen (secondary N) is 2. The van der Waals surface area contributed by atoms with Gasteiger partial charge in [-0.25, -0.2) is 14.2 Å². The molecule has 2 N–H and O–H groups in total. The van der Waals surface area contributed by atoms with Gasteiger partial charge in [0.15, 0.2) is 0 Å². The number of carbonyl (C=O) groups excluding carboxylic acids is 2. The molecule has 128 valence electrons. The molecule has 1 aromatic carbocycles. The number of carbonyl (C=O) groups is 2. The summed E-state index contributed by atoms with van der Waals surface area (Å²) in [5.74, 6) is -2.52. The van der Waals surface area contributed by atoms with E-state index in [0.717, 1.165) is 0 Å². The van der Waals surface area contributed by atoms with Crippen LogP contribution in [0.1, 0.15) is 34.6 Å². The summed E-state index contributed by atoms with van der Waals surface area (Å²) in [4.78, 5) is 27.5. The van der Waals surface area contributed by atoms with Gasteiger partial charge in [0.25, 0.3) is 5.91 Å². The molecule has 0 fully saturated rings. The van der Waals surface area contributed by atoms with Crippen molar-refractivity contribution in [3.63, 3.8) is 0 Å². The fourth-order valence-corrected chi connectivity index (χ4v) is 2.44. The van der Waals surface area contributed by atoms with Gasteiger partial charge in [0.05, 0.1) is 28.4 Å². The second-order valence-corrected chi connectivity index (χ2v) is 5.47. The van der Waals surface area contributed by atoms with Crippen LogP contribution in [0.3, 0.4) is 0 Å². The van der Waals surface area contributed by atoms with Gasteiger partial charge < -0.3 is 5.32 Å². The Labute approximate surface area is 137 Å². The molecule has 0 aliphatic rings. The number of nitrogens with zero attached hydrogens (tertiary/aromatic N) is 1. The average molecular weight is 361 g/mol. The van der Waals surface area contributed by atoms with Crippen molar-refractivity contribution in [1.29, 1.82) is 0 Å². The Morgan fingerprint density at radius 3 is 2.54 bits per heavy atom. The van der Waals surface area contributed by atoms with Crippen molar-refractivity contribution in [2.24, 2.45) is 0 Å². The number of aromatic nitrogens is 1. The maximum atomic E-state index is 13.7. The highest BCUT2D eigenvalue weighted by molar-refractivity contribution is 7.07. The zero-order valence-electron chi connectivity index (χ0n) is 12.1. The third-order valence-electron chi connectivity index (χ3n) is 3.01. The lowest BCUT2D eigenvalue weighted by Crippen LogP contribution is -2.41. The van der Waals surface area contributed by atoms with Crippen LogP contribution >= 0.6 is 11.3 Å². The fraction of sp³-hybridized carbons (Fsp3) is 0.214. The molecule has 0 bridgehead atoms. The first-order valence-electron chi connectivity index (χ1n) is 6.55. The minimum atomic E-state index is -4.73. The highest BCUT2D eigenvalue weighted by Crippen LogP contribution is 2.30. The number of amides is 3. The van der Waals surface area contributed by atoms with E-state index in [1.165, 1.54) is 11.3 Å². The third-order valence-corrected chi connectivity index (χ3v) is 3.62. The number of benzene rings is 1. The minimum absolute atomic E-state index is 0.199. The predicted octanol–water partition coefficient (Wildman–Crippen LogP) is 3.50. The normalized spacial score (nSPS) is 12.5. The van der Waals surface area contributed by atoms with Gasteiger partial charge in [-0.15, -0.1) is 11.3 Å². The highest BCUT2D eigenvalue weighted by atomic mass is 32.1. The molecule has 0 saturated heterocycles. The van der Waals surface area contributed by atoms with Crippen LogP contribution in [-0.4, -0.2) is 16.9 Å². The predicted molar refractivity (Wildman–Crippen MR) is 77.9 cm³/mol. The van der Waals surface area contributed by atoms with Gasteiger partial charge in [0, 0.05) is 5.38 Å². The Balaban J connectivity index is 2.03. The van der Waals surface area contributed by atoms with E-state index >= 15 is 0 Å². The van der Waals surface area contributed by atoms with Crippen molar-refractivity contribution in [2.75, 3.05) is 0 Å². The van der Waals surface area contributed by atoms with E-state index in [4.69, 9.17) is 0 Å². The van der Waals surface area contributed by atoms with Crippen LogP contribution in [0, 0.1) is 5.82 Å². The number of imide groups is 1. The van der Waals surface area contributed by atoms with Crippen molar-refractivity contribution in [1.82, 2.24) is 15.6 Å². The van der Waals surface area contributed by atoms with Crippen molar-refractivity contribution in [3.8, 4) is 0 Å². The Kier molecular flexibility index (Phi) is 5.17. The van der Waals surface area contributed by atoms with Crippen molar-refractivity contribution in [2.45, 2.75) is 19.1 Å². The molecule has 0 spiro atoms. The molecule has 0 unspecified atom stereocenters. The summed E-state index contributed by atoms with van der Waals surface area (Å²) in [7, 11) is 0. The number of hydrogen-bond acceptors (Lipinski definition) is 4. The topological polar surface area (TPSA) is 71.1 Å². The molecular formula is C14H11F4N3O2S. The summed E-state index contributed by atoms with van der Waals surface area (Å²) in [6.07, 6.45) is -4.73. The number of alkyl halides is 3. The van der Waals surface area contributed by atoms with E-state index in [9.17, 15) is 27.2 Å². The van der Waals surface area contributed by atoms with E-state index in [-0.39, 0.29) is 6.07 Å². The molecule has 0 radical (unpaired) electrons. The molecular weight excluding hydrogens is 350 g/mol. The number of urea groups is 1. The molecule has 0 saturated carbocycles. The van der Waals surface area contributed by atoms with Crippen LogP contribution in [0.4, 0.5) is 22.4 Å². The van der Waals surface area contributed by atoms with Gasteiger partial charge in [0.2, 0.25) is 0 Å². The molecule has 24 heavy (non-hydrogen) atoms. The number of hydrogen-bond donors (Lipinski definition) is 2. The van der Waals surface area contributed by atoms with Gasteiger partial charge >= 0.3 is 12.2 Å². The van der Waals surface area contributed by atoms with E-state index in [1.54, 1.807) is 17.8 Å². The second kappa shape index (κ2) is 6.95. The Hall–Kier alpha value is -2.49. The Morgan fingerprint density at radius 2 is 2.00 bits per heavy atom. The van der Waals surface area contributed by atoms with Crippen molar-refractivity contribution in [3.05, 3.63) is 51.7 Å². The first-order valence-corrected chi connectivity index (χ1v) is 7.49. The van der Waals surface area contributed by atoms with E-state index in [2.05, 4.69) is 10.3 Å². The minimum Gasteiger partial charge on any atom is -0.330 e. The number of thiazole rings is 1. The summed E-state index contributed by atoms with van der Waals surface area (Å²) in [5, 5.41) is 5.96. The molecule has 5 nitrogen and oxygen atoms in total. The van der Waals surface area contributed by atoms with Gasteiger partial charge in [-0.2, -0.15) is 13.2 Å². The number of rotatable bonds is 3. The zero-order valence-corrected chi connectivity index (χ0v) is 13.0. The van der Waals surface area contributed by atoms with Crippen molar-refractivity contribution >= 4 is 23.3 Å². The van der Waals surface area contributed by atoms with Gasteiger partial charge in [-0.3, -0.25) is 10.1 Å². The molecule has 0 aliphatic carbocycles. The SMILES string of the molecule is C[C@@H](NC(=O)NC(=O)c1ccc(C(F)(F)F)cc1F)c1cscn1. The smallest absolute Gasteiger partial charge is 0.330 e. The highest BCUT2D eigenvalue weighted by Gasteiger charge is 2.31. The first kappa shape index (κ1) is 17.9. The Bertz CT molecular complexity index is 747. The van der Waals surface area contributed by atoms with Gasteiger partial charge in [-0.1, -0.05) is 0 Å². The van der Waals surface area contributed by atoms with Crippen LogP contribution < -0.4 is 10.6 Å². The van der Waals surface area contributed by atoms with E-state index < -0.39 is 41.1 Å². The molecule has 10 heteroatoms. The molecule has 1 aromatic heterocycles. The number of halogens is 4. The lowest BCUT2D eigenvalue weighted by atomic mass is 10.1. The van der Waals surface area contributed by atoms with Crippen LogP contribution in [-0.2, 0) is 6.18 Å². The summed E-state index contributed by atoms with van der Waals surface area (Å²) in [5.41, 5.74) is 0.245. The standard InChI is InChI=1S/C14H11F4N3O2S/c1-7(11-5-24-6-19-11)20-13(23)21-12(22)9-3-2-8(4-10(9)15)14(16,17)18/h2-7H,1H3,(H2,20,21,22,23)/t7-/m1/s1. The lowest BCUT2D eigenvalue weighted by Gasteiger charge is -2.13. The molecule has 2 rings (SSSR count). The first-order chi connectivity index (χ1) is 11.2. The summed E-state index contributed by atoms with van der Waals surface area (Å²) >= 11 is 1.32. The average Bonchev–Trinajstić information content (AvgIpc) is 3.00. The quantitative estimate of drug-likeness (QED) is 0.822. The molecule has 1 heterocycles. The van der Waals surface area contributed by atoms with Gasteiger partial charge in [0.1, 0.15) is 5.82 Å². The molecule has 3 amide bonds. The van der Waals surface area contributed by atoms with Crippen LogP contribution in [0.25, 0.3) is 0 Å². The summed E-state index contributed by atoms with van der Waals surface area (Å²) in [6, 6.07) is 0.0182. The lowest BCUT2D eigenvalue weighted by molar-refractivity contribution is -0.137. The maximum Gasteiger partial charge on any atom is 0.416 e. The van der Waals surface area contributed by atoms with E-state index in [1.807, 2.05) is 5.32 Å². The van der Waals surface area contributed by atoms with Crippen molar-refractivity contribution < 1.29 is 27.2 Å². The fourth-order valence-electron chi connectivity index (χ4n) is 1.79. The maximum absolute atomic E-state index is 13.7. The molecule has 0 aliphatic heterocycles. The summed E-state index contributed by atoms with van der Waals surface area (Å²) in [6.45, 7) is 1.62. The monoisotopic (exact) mass is 361 g/mol. The zero-order chi connectivity index (χ0) is 17.9. The van der Waals surface area contributed by atoms with Gasteiger partial charge in [-0.05, 0) is 25.1 Å². The largest absolute Gasteiger partial charge is 0.416 e. The van der Waals surface area contributed by atoms with Crippen LogP contribution in [0.5, 0.6) is 0 Å². The Morgan fingerprint density at radius 1 is 1.29 bits per heavy atom. The third kappa shape index (κ3) is 4.28. The van der Waals surface area contributed by atoms with E-state index in [0.29, 0.717) is 17.8 Å². The molecule has 2 aromatic rings.